The highest BCUT2D eigenvalue weighted by Gasteiger charge is 2.45. The summed E-state index contributed by atoms with van der Waals surface area (Å²) in [5, 5.41) is 18.9. The first-order valence-electron chi connectivity index (χ1n) is 5.22. The highest BCUT2D eigenvalue weighted by atomic mass is 16.3. The highest BCUT2D eigenvalue weighted by molar-refractivity contribution is 5.90. The van der Waals surface area contributed by atoms with Crippen molar-refractivity contribution in [1.82, 2.24) is 0 Å². The number of Topliss-reactive ketones (excluding diaryl/α,β-unsaturated/α-hetero) is 1. The summed E-state index contributed by atoms with van der Waals surface area (Å²) in [6.07, 6.45) is 0.598. The van der Waals surface area contributed by atoms with Crippen LogP contribution in [0.4, 0.5) is 0 Å². The van der Waals surface area contributed by atoms with E-state index in [-0.39, 0.29) is 11.5 Å². The molecule has 0 saturated heterocycles. The Kier molecular flexibility index (Phi) is 2.23. The van der Waals surface area contributed by atoms with Crippen LogP contribution in [-0.2, 0) is 10.2 Å². The fourth-order valence-electron chi connectivity index (χ4n) is 2.20. The van der Waals surface area contributed by atoms with Gasteiger partial charge < -0.3 is 5.11 Å². The summed E-state index contributed by atoms with van der Waals surface area (Å²) >= 11 is 0. The molecular weight excluding hydrogens is 202 g/mol. The lowest BCUT2D eigenvalue weighted by molar-refractivity contribution is -0.126. The van der Waals surface area contributed by atoms with Crippen molar-refractivity contribution in [2.24, 2.45) is 0 Å². The van der Waals surface area contributed by atoms with E-state index in [1.54, 1.807) is 26.0 Å². The predicted octanol–water partition coefficient (Wildman–Crippen LogP) is 2.13. The van der Waals surface area contributed by atoms with Crippen LogP contribution in [0.2, 0.25) is 0 Å². The minimum atomic E-state index is -0.652. The number of nitriles is 1. The molecule has 16 heavy (non-hydrogen) atoms. The van der Waals surface area contributed by atoms with Crippen molar-refractivity contribution in [2.75, 3.05) is 0 Å². The first-order valence-corrected chi connectivity index (χ1v) is 5.22. The Labute approximate surface area is 94.3 Å². The van der Waals surface area contributed by atoms with Crippen molar-refractivity contribution in [3.05, 3.63) is 28.8 Å². The van der Waals surface area contributed by atoms with Crippen LogP contribution in [0.25, 0.3) is 0 Å². The maximum Gasteiger partial charge on any atom is 0.136 e. The smallest absolute Gasteiger partial charge is 0.136 e. The number of rotatable bonds is 1. The lowest BCUT2D eigenvalue weighted by Gasteiger charge is -2.34. The van der Waals surface area contributed by atoms with Gasteiger partial charge in [0, 0.05) is 12.8 Å². The number of hydrogen-bond acceptors (Lipinski definition) is 3. The molecule has 1 N–H and O–H groups in total. The van der Waals surface area contributed by atoms with Crippen molar-refractivity contribution >= 4 is 5.78 Å². The number of carbonyl (C=O) groups is 1. The van der Waals surface area contributed by atoms with Crippen LogP contribution < -0.4 is 0 Å². The van der Waals surface area contributed by atoms with Gasteiger partial charge in [-0.15, -0.1) is 0 Å². The summed E-state index contributed by atoms with van der Waals surface area (Å²) in [4.78, 5) is 11.1. The number of benzene rings is 1. The van der Waals surface area contributed by atoms with Gasteiger partial charge in [0.05, 0.1) is 11.5 Å². The van der Waals surface area contributed by atoms with Gasteiger partial charge in [-0.2, -0.15) is 5.26 Å². The monoisotopic (exact) mass is 215 g/mol. The van der Waals surface area contributed by atoms with Crippen molar-refractivity contribution in [3.63, 3.8) is 0 Å². The van der Waals surface area contributed by atoms with Gasteiger partial charge in [-0.3, -0.25) is 4.79 Å². The van der Waals surface area contributed by atoms with Gasteiger partial charge in [-0.05, 0) is 30.5 Å². The minimum absolute atomic E-state index is 0.130. The van der Waals surface area contributed by atoms with E-state index in [9.17, 15) is 15.2 Å². The maximum atomic E-state index is 11.1. The molecule has 2 rings (SSSR count). The molecule has 0 unspecified atom stereocenters. The lowest BCUT2D eigenvalue weighted by Crippen LogP contribution is -2.40. The molecule has 0 aromatic heterocycles. The molecule has 1 aliphatic rings. The van der Waals surface area contributed by atoms with Crippen LogP contribution in [-0.4, -0.2) is 10.9 Å². The molecule has 3 heteroatoms. The third-order valence-corrected chi connectivity index (χ3v) is 3.26. The van der Waals surface area contributed by atoms with Gasteiger partial charge in [0.25, 0.3) is 0 Å². The maximum absolute atomic E-state index is 11.1. The summed E-state index contributed by atoms with van der Waals surface area (Å²) in [5.74, 6) is 0.396. The molecule has 1 aliphatic carbocycles. The van der Waals surface area contributed by atoms with Gasteiger partial charge in [0.2, 0.25) is 0 Å². The van der Waals surface area contributed by atoms with E-state index < -0.39 is 5.41 Å². The van der Waals surface area contributed by atoms with Crippen LogP contribution in [0.1, 0.15) is 29.5 Å². The molecule has 0 amide bonds. The third kappa shape index (κ3) is 1.38. The third-order valence-electron chi connectivity index (χ3n) is 3.26. The zero-order valence-electron chi connectivity index (χ0n) is 9.37. The lowest BCUT2D eigenvalue weighted by atomic mass is 9.64. The van der Waals surface area contributed by atoms with E-state index in [0.717, 1.165) is 16.7 Å². The molecule has 0 aliphatic heterocycles. The van der Waals surface area contributed by atoms with E-state index in [1.807, 2.05) is 0 Å². The van der Waals surface area contributed by atoms with E-state index in [0.29, 0.717) is 12.8 Å². The molecule has 0 radical (unpaired) electrons. The number of aromatic hydroxyl groups is 1. The van der Waals surface area contributed by atoms with Gasteiger partial charge in [-0.1, -0.05) is 12.1 Å². The number of carbonyl (C=O) groups excluding carboxylic acids is 1. The number of phenolic OH excluding ortho intramolecular Hbond substituents is 1. The van der Waals surface area contributed by atoms with Gasteiger partial charge >= 0.3 is 0 Å². The van der Waals surface area contributed by atoms with Crippen molar-refractivity contribution in [3.8, 4) is 11.8 Å². The van der Waals surface area contributed by atoms with Gasteiger partial charge in [0.1, 0.15) is 11.5 Å². The highest BCUT2D eigenvalue weighted by Crippen LogP contribution is 2.42. The fourth-order valence-corrected chi connectivity index (χ4v) is 2.20. The largest absolute Gasteiger partial charge is 0.507 e. The Bertz CT molecular complexity index is 480. The number of aryl methyl sites for hydroxylation is 2. The Morgan fingerprint density at radius 3 is 2.19 bits per heavy atom. The molecule has 1 fully saturated rings. The Hall–Kier alpha value is -1.82. The number of nitrogens with zero attached hydrogens (tertiary/aromatic N) is 1. The van der Waals surface area contributed by atoms with Crippen molar-refractivity contribution in [1.29, 1.82) is 5.26 Å². The van der Waals surface area contributed by atoms with E-state index in [4.69, 9.17) is 0 Å². The molecule has 0 spiro atoms. The van der Waals surface area contributed by atoms with Gasteiger partial charge in [0.15, 0.2) is 0 Å². The predicted molar refractivity (Wildman–Crippen MR) is 59.1 cm³/mol. The molecule has 0 bridgehead atoms. The first kappa shape index (κ1) is 10.7. The average molecular weight is 215 g/mol. The number of hydrogen-bond donors (Lipinski definition) is 1. The number of ketones is 1. The van der Waals surface area contributed by atoms with Crippen molar-refractivity contribution in [2.45, 2.75) is 32.1 Å². The first-order chi connectivity index (χ1) is 7.48. The van der Waals surface area contributed by atoms with E-state index in [1.165, 1.54) is 0 Å². The molecule has 0 heterocycles. The topological polar surface area (TPSA) is 61.1 Å². The second-order valence-corrected chi connectivity index (χ2v) is 4.54. The standard InChI is InChI=1S/C13H13NO2/c1-8-3-10(4-9(2)12(8)16)13(7-14)5-11(15)6-13/h3-4,16H,5-6H2,1-2H3. The summed E-state index contributed by atoms with van der Waals surface area (Å²) in [6, 6.07) is 5.84. The van der Waals surface area contributed by atoms with Gasteiger partial charge in [-0.25, -0.2) is 0 Å². The fraction of sp³-hybridized carbons (Fsp3) is 0.385. The minimum Gasteiger partial charge on any atom is -0.507 e. The van der Waals surface area contributed by atoms with Crippen LogP contribution >= 0.6 is 0 Å². The van der Waals surface area contributed by atoms with E-state index >= 15 is 0 Å². The molecule has 1 aromatic rings. The van der Waals surface area contributed by atoms with Crippen LogP contribution in [0, 0.1) is 25.2 Å². The molecule has 0 atom stereocenters. The Balaban J connectivity index is 2.50. The quantitative estimate of drug-likeness (QED) is 0.780. The summed E-state index contributed by atoms with van der Waals surface area (Å²) in [6.45, 7) is 3.61. The summed E-state index contributed by atoms with van der Waals surface area (Å²) in [5.41, 5.74) is 1.70. The average Bonchev–Trinajstić information content (AvgIpc) is 2.20. The second-order valence-electron chi connectivity index (χ2n) is 4.54. The molecule has 3 nitrogen and oxygen atoms in total. The van der Waals surface area contributed by atoms with Crippen LogP contribution in [0.3, 0.4) is 0 Å². The summed E-state index contributed by atoms with van der Waals surface area (Å²) in [7, 11) is 0. The van der Waals surface area contributed by atoms with Crippen molar-refractivity contribution < 1.29 is 9.90 Å². The SMILES string of the molecule is Cc1cc(C2(C#N)CC(=O)C2)cc(C)c1O. The van der Waals surface area contributed by atoms with E-state index in [2.05, 4.69) is 6.07 Å². The Morgan fingerprint density at radius 2 is 1.81 bits per heavy atom. The zero-order valence-corrected chi connectivity index (χ0v) is 9.37. The van der Waals surface area contributed by atoms with Crippen LogP contribution in [0.5, 0.6) is 5.75 Å². The Morgan fingerprint density at radius 1 is 1.31 bits per heavy atom. The van der Waals surface area contributed by atoms with Crippen LogP contribution in [0.15, 0.2) is 12.1 Å². The molecule has 1 aromatic carbocycles. The second kappa shape index (κ2) is 3.34. The zero-order chi connectivity index (χ0) is 11.9. The normalized spacial score (nSPS) is 17.7. The molecule has 1 saturated carbocycles. The molecule has 82 valence electrons. The number of phenols is 1. The molecular formula is C13H13NO2. The summed E-state index contributed by atoms with van der Waals surface area (Å²) < 4.78 is 0.